The number of rotatable bonds is 8. The molecule has 4 rings (SSSR count). The maximum Gasteiger partial charge on any atom is 0.269 e. The Kier molecular flexibility index (Phi) is 8.34. The summed E-state index contributed by atoms with van der Waals surface area (Å²) in [4.78, 5) is -0.202. The maximum absolute atomic E-state index is 14.5. The van der Waals surface area contributed by atoms with E-state index in [1.54, 1.807) is 51.1 Å². The fourth-order valence-corrected chi connectivity index (χ4v) is 7.60. The van der Waals surface area contributed by atoms with Gasteiger partial charge in [-0.3, -0.25) is 8.99 Å². The molecule has 0 saturated heterocycles. The molecule has 39 heavy (non-hydrogen) atoms. The van der Waals surface area contributed by atoms with Gasteiger partial charge in [0.25, 0.3) is 10.0 Å². The molecule has 9 nitrogen and oxygen atoms in total. The quantitative estimate of drug-likeness (QED) is 0.363. The van der Waals surface area contributed by atoms with Crippen molar-refractivity contribution in [2.24, 2.45) is 11.1 Å². The first-order valence-corrected chi connectivity index (χ1v) is 15.8. The standard InChI is InChI=1S/C25H27Cl2FN4O5S2/c1-4-31-13-23(25(27)30-31)39(35,36)32-12-22(16(3)14-38(29,33)34)37-21-9-8-17(11-20(21)32)10-15(2)24-18(26)6-5-7-19(24)28/h5-11,13,16,22H,4,12,14H2,1-3H3,(H2,29,33,34)/b15-10+/t16-,22-/m0/s1. The molecule has 2 N–H and O–H groups in total. The SMILES string of the molecule is CCn1cc(S(=O)(=O)N2C[C@@H]([C@@H](C)CS(N)(=O)=O)Oc3ccc(/C=C(\C)c4c(F)cccc4Cl)cc32)c(Cl)n1. The Balaban J connectivity index is 1.82. The van der Waals surface area contributed by atoms with Crippen molar-refractivity contribution in [2.45, 2.75) is 38.3 Å². The lowest BCUT2D eigenvalue weighted by Crippen LogP contribution is -2.47. The molecular formula is C25H27Cl2FN4O5S2. The van der Waals surface area contributed by atoms with E-state index in [0.29, 0.717) is 17.7 Å². The fraction of sp³-hybridized carbons (Fsp3) is 0.320. The minimum Gasteiger partial charge on any atom is -0.486 e. The topological polar surface area (TPSA) is 125 Å². The van der Waals surface area contributed by atoms with Crippen LogP contribution >= 0.6 is 23.2 Å². The van der Waals surface area contributed by atoms with Crippen molar-refractivity contribution in [3.63, 3.8) is 0 Å². The number of aromatic nitrogens is 2. The van der Waals surface area contributed by atoms with Crippen LogP contribution in [-0.2, 0) is 26.6 Å². The van der Waals surface area contributed by atoms with Gasteiger partial charge in [0.1, 0.15) is 22.6 Å². The zero-order valence-electron chi connectivity index (χ0n) is 21.3. The highest BCUT2D eigenvalue weighted by Crippen LogP contribution is 2.41. The Bertz CT molecular complexity index is 1640. The van der Waals surface area contributed by atoms with Crippen molar-refractivity contribution >= 4 is 60.6 Å². The molecule has 0 radical (unpaired) electrons. The molecule has 1 aliphatic heterocycles. The summed E-state index contributed by atoms with van der Waals surface area (Å²) < 4.78 is 74.4. The lowest BCUT2D eigenvalue weighted by molar-refractivity contribution is 0.152. The van der Waals surface area contributed by atoms with Gasteiger partial charge < -0.3 is 4.74 Å². The van der Waals surface area contributed by atoms with Crippen molar-refractivity contribution < 1.29 is 26.0 Å². The molecule has 0 amide bonds. The summed E-state index contributed by atoms with van der Waals surface area (Å²) in [5.41, 5.74) is 1.51. The molecule has 0 saturated carbocycles. The summed E-state index contributed by atoms with van der Waals surface area (Å²) in [6.07, 6.45) is 2.18. The van der Waals surface area contributed by atoms with Crippen LogP contribution < -0.4 is 14.2 Å². The van der Waals surface area contributed by atoms with Gasteiger partial charge in [0, 0.05) is 24.2 Å². The first-order valence-electron chi connectivity index (χ1n) is 11.9. The van der Waals surface area contributed by atoms with E-state index in [1.165, 1.54) is 23.0 Å². The van der Waals surface area contributed by atoms with Crippen molar-refractivity contribution in [2.75, 3.05) is 16.6 Å². The second-order valence-corrected chi connectivity index (χ2v) is 13.5. The molecule has 2 atom stereocenters. The zero-order chi connectivity index (χ0) is 28.7. The highest BCUT2D eigenvalue weighted by atomic mass is 35.5. The number of nitrogens with two attached hydrogens (primary N) is 1. The van der Waals surface area contributed by atoms with E-state index >= 15 is 0 Å². The van der Waals surface area contributed by atoms with Crippen LogP contribution in [0.5, 0.6) is 5.75 Å². The highest BCUT2D eigenvalue weighted by Gasteiger charge is 2.39. The predicted octanol–water partition coefficient (Wildman–Crippen LogP) is 4.79. The van der Waals surface area contributed by atoms with E-state index in [-0.39, 0.29) is 38.6 Å². The Morgan fingerprint density at radius 3 is 2.59 bits per heavy atom. The monoisotopic (exact) mass is 616 g/mol. The van der Waals surface area contributed by atoms with Gasteiger partial charge in [-0.1, -0.05) is 48.3 Å². The second-order valence-electron chi connectivity index (χ2n) is 9.29. The number of benzene rings is 2. The summed E-state index contributed by atoms with van der Waals surface area (Å²) in [7, 11) is -8.11. The summed E-state index contributed by atoms with van der Waals surface area (Å²) in [5, 5.41) is 9.33. The minimum atomic E-state index is -4.26. The number of primary sulfonamides is 1. The van der Waals surface area contributed by atoms with Gasteiger partial charge >= 0.3 is 0 Å². The van der Waals surface area contributed by atoms with Crippen LogP contribution in [0.25, 0.3) is 11.6 Å². The van der Waals surface area contributed by atoms with Crippen molar-refractivity contribution in [3.8, 4) is 5.75 Å². The summed E-state index contributed by atoms with van der Waals surface area (Å²) in [5.74, 6) is -1.31. The number of sulfonamides is 2. The first kappa shape index (κ1) is 29.3. The van der Waals surface area contributed by atoms with Crippen molar-refractivity contribution in [1.82, 2.24) is 9.78 Å². The second kappa shape index (κ2) is 11.1. The molecule has 3 aromatic rings. The van der Waals surface area contributed by atoms with Crippen LogP contribution in [0.2, 0.25) is 10.2 Å². The summed E-state index contributed by atoms with van der Waals surface area (Å²) in [6.45, 7) is 5.29. The van der Waals surface area contributed by atoms with E-state index in [1.807, 2.05) is 0 Å². The van der Waals surface area contributed by atoms with Gasteiger partial charge in [0.05, 0.1) is 23.0 Å². The smallest absolute Gasteiger partial charge is 0.269 e. The van der Waals surface area contributed by atoms with Crippen molar-refractivity contribution in [1.29, 1.82) is 0 Å². The lowest BCUT2D eigenvalue weighted by atomic mass is 10.0. The zero-order valence-corrected chi connectivity index (χ0v) is 24.5. The molecular weight excluding hydrogens is 590 g/mol. The number of hydrogen-bond acceptors (Lipinski definition) is 6. The van der Waals surface area contributed by atoms with Crippen LogP contribution in [0.1, 0.15) is 31.9 Å². The average molecular weight is 618 g/mol. The molecule has 1 aromatic heterocycles. The van der Waals surface area contributed by atoms with E-state index in [0.717, 1.165) is 4.31 Å². The van der Waals surface area contributed by atoms with Crippen molar-refractivity contribution in [3.05, 3.63) is 69.7 Å². The van der Waals surface area contributed by atoms with Gasteiger partial charge in [0.15, 0.2) is 5.15 Å². The molecule has 2 heterocycles. The van der Waals surface area contributed by atoms with Crippen LogP contribution in [0.3, 0.4) is 0 Å². The first-order chi connectivity index (χ1) is 18.2. The normalized spacial score (nSPS) is 17.1. The minimum absolute atomic E-state index is 0.194. The lowest BCUT2D eigenvalue weighted by Gasteiger charge is -2.37. The Hall–Kier alpha value is -2.64. The molecule has 0 fully saturated rings. The Labute approximate surface area is 237 Å². The highest BCUT2D eigenvalue weighted by molar-refractivity contribution is 7.93. The van der Waals surface area contributed by atoms with Gasteiger partial charge in [-0.25, -0.2) is 26.4 Å². The summed E-state index contributed by atoms with van der Waals surface area (Å²) >= 11 is 12.4. The van der Waals surface area contributed by atoms with Crippen LogP contribution in [0.15, 0.2) is 47.5 Å². The molecule has 0 aliphatic carbocycles. The molecule has 210 valence electrons. The molecule has 1 aliphatic rings. The number of ether oxygens (including phenoxy) is 1. The van der Waals surface area contributed by atoms with Gasteiger partial charge in [0.2, 0.25) is 10.0 Å². The number of halogens is 3. The number of aryl methyl sites for hydroxylation is 1. The molecule has 2 aromatic carbocycles. The van der Waals surface area contributed by atoms with E-state index < -0.39 is 43.6 Å². The van der Waals surface area contributed by atoms with Crippen LogP contribution in [-0.4, -0.2) is 45.0 Å². The molecule has 0 unspecified atom stereocenters. The number of anilines is 1. The van der Waals surface area contributed by atoms with Gasteiger partial charge in [-0.15, -0.1) is 0 Å². The number of nitrogens with zero attached hydrogens (tertiary/aromatic N) is 3. The third kappa shape index (κ3) is 6.25. The maximum atomic E-state index is 14.5. The van der Waals surface area contributed by atoms with Crippen LogP contribution in [0.4, 0.5) is 10.1 Å². The summed E-state index contributed by atoms with van der Waals surface area (Å²) in [6, 6.07) is 9.23. The van der Waals surface area contributed by atoms with Gasteiger partial charge in [-0.05, 0) is 49.2 Å². The number of fused-ring (bicyclic) bond motifs is 1. The largest absolute Gasteiger partial charge is 0.486 e. The Morgan fingerprint density at radius 2 is 1.97 bits per heavy atom. The average Bonchev–Trinajstić information content (AvgIpc) is 3.23. The van der Waals surface area contributed by atoms with Crippen LogP contribution in [0, 0.1) is 11.7 Å². The van der Waals surface area contributed by atoms with E-state index in [4.69, 9.17) is 33.1 Å². The van der Waals surface area contributed by atoms with Gasteiger partial charge in [-0.2, -0.15) is 5.10 Å². The fourth-order valence-electron chi connectivity index (χ4n) is 4.41. The third-order valence-corrected chi connectivity index (χ3v) is 9.80. The molecule has 0 bridgehead atoms. The molecule has 0 spiro atoms. The predicted molar refractivity (Wildman–Crippen MR) is 150 cm³/mol. The van der Waals surface area contributed by atoms with E-state index in [9.17, 15) is 21.2 Å². The van der Waals surface area contributed by atoms with E-state index in [2.05, 4.69) is 5.10 Å². The molecule has 14 heteroatoms. The third-order valence-electron chi connectivity index (χ3n) is 6.32. The Morgan fingerprint density at radius 1 is 1.26 bits per heavy atom. The number of allylic oxidation sites excluding steroid dienone is 1. The number of hydrogen-bond donors (Lipinski definition) is 1.